The van der Waals surface area contributed by atoms with Crippen molar-refractivity contribution in [2.75, 3.05) is 0 Å². The third kappa shape index (κ3) is 1.89. The van der Waals surface area contributed by atoms with Crippen molar-refractivity contribution in [1.82, 2.24) is 4.98 Å². The van der Waals surface area contributed by atoms with Crippen LogP contribution >= 0.6 is 11.6 Å². The van der Waals surface area contributed by atoms with E-state index in [1.165, 1.54) is 12.7 Å². The van der Waals surface area contributed by atoms with Crippen molar-refractivity contribution in [3.8, 4) is 9.27 Å². The Morgan fingerprint density at radius 3 is 2.62 bits per heavy atom. The Bertz CT molecular complexity index is 631. The summed E-state index contributed by atoms with van der Waals surface area (Å²) >= 11 is 5.62. The normalized spacial score (nSPS) is 10.8. The van der Waals surface area contributed by atoms with E-state index in [4.69, 9.17) is 11.6 Å². The Morgan fingerprint density at radius 1 is 1.00 bits per heavy atom. The first-order valence-electron chi connectivity index (χ1n) is 4.94. The average molecular weight is 341 g/mol. The second-order valence-corrected chi connectivity index (χ2v) is 6.88. The first-order valence-corrected chi connectivity index (χ1v) is 7.65. The Kier molecular flexibility index (Phi) is 2.73. The maximum atomic E-state index is 5.99. The first kappa shape index (κ1) is 10.4. The molecule has 1 aromatic heterocycles. The van der Waals surface area contributed by atoms with Crippen LogP contribution in [0.25, 0.3) is 18.2 Å². The molecule has 0 atom stereocenters. The van der Waals surface area contributed by atoms with Gasteiger partial charge in [-0.25, -0.2) is 0 Å². The molecule has 0 saturated heterocycles. The number of hydrogen-bond donors (Lipinski definition) is 0. The molecule has 3 heteroatoms. The zero-order valence-electron chi connectivity index (χ0n) is 8.35. The number of fused-ring (bicyclic) bond motifs is 1. The Labute approximate surface area is 108 Å². The standard InChI is InChI=1S/C13H8ClNTe/c14-10-6-7-11-12(8-10)16-13(15-11)9-4-2-1-3-5-9/h1-8H. The summed E-state index contributed by atoms with van der Waals surface area (Å²) in [4.78, 5) is 4.68. The van der Waals surface area contributed by atoms with Gasteiger partial charge in [0.2, 0.25) is 0 Å². The monoisotopic (exact) mass is 343 g/mol. The summed E-state index contributed by atoms with van der Waals surface area (Å²) in [6.07, 6.45) is 0. The van der Waals surface area contributed by atoms with Gasteiger partial charge < -0.3 is 0 Å². The van der Waals surface area contributed by atoms with E-state index in [-0.39, 0.29) is 20.4 Å². The van der Waals surface area contributed by atoms with E-state index in [0.29, 0.717) is 0 Å². The molecule has 0 saturated carbocycles. The van der Waals surface area contributed by atoms with Crippen LogP contribution in [0.1, 0.15) is 0 Å². The van der Waals surface area contributed by atoms with Crippen molar-refractivity contribution in [1.29, 1.82) is 0 Å². The van der Waals surface area contributed by atoms with Crippen LogP contribution in [-0.2, 0) is 0 Å². The van der Waals surface area contributed by atoms with Crippen LogP contribution < -0.4 is 0 Å². The topological polar surface area (TPSA) is 12.9 Å². The summed E-state index contributed by atoms with van der Waals surface area (Å²) in [5.74, 6) is 0. The summed E-state index contributed by atoms with van der Waals surface area (Å²) in [5, 5.41) is 0.813. The van der Waals surface area contributed by atoms with E-state index in [1.54, 1.807) is 0 Å². The molecule has 0 bridgehead atoms. The van der Waals surface area contributed by atoms with Crippen molar-refractivity contribution >= 4 is 41.0 Å². The predicted molar refractivity (Wildman–Crippen MR) is 69.1 cm³/mol. The molecular weight excluding hydrogens is 333 g/mol. The van der Waals surface area contributed by atoms with Crippen LogP contribution in [0.2, 0.25) is 5.02 Å². The molecule has 0 spiro atoms. The van der Waals surface area contributed by atoms with Crippen molar-refractivity contribution in [2.24, 2.45) is 0 Å². The van der Waals surface area contributed by atoms with Crippen molar-refractivity contribution < 1.29 is 0 Å². The zero-order chi connectivity index (χ0) is 11.0. The van der Waals surface area contributed by atoms with Crippen LogP contribution in [-0.4, -0.2) is 25.4 Å². The molecule has 0 radical (unpaired) electrons. The molecule has 0 N–H and O–H groups in total. The molecule has 3 rings (SSSR count). The van der Waals surface area contributed by atoms with E-state index < -0.39 is 0 Å². The molecule has 0 amide bonds. The summed E-state index contributed by atoms with van der Waals surface area (Å²) in [5.41, 5.74) is 2.35. The summed E-state index contributed by atoms with van der Waals surface area (Å²) in [6, 6.07) is 16.4. The van der Waals surface area contributed by atoms with E-state index >= 15 is 0 Å². The van der Waals surface area contributed by atoms with E-state index in [1.807, 2.05) is 18.2 Å². The predicted octanol–water partition coefficient (Wildman–Crippen LogP) is 3.61. The summed E-state index contributed by atoms with van der Waals surface area (Å²) in [7, 11) is 0. The first-order chi connectivity index (χ1) is 7.83. The number of hydrogen-bond acceptors (Lipinski definition) is 1. The van der Waals surface area contributed by atoms with Crippen molar-refractivity contribution in [2.45, 2.75) is 0 Å². The van der Waals surface area contributed by atoms with E-state index in [0.717, 1.165) is 10.5 Å². The molecule has 0 aliphatic rings. The molecule has 1 nitrogen and oxygen atoms in total. The van der Waals surface area contributed by atoms with Gasteiger partial charge in [-0.3, -0.25) is 0 Å². The van der Waals surface area contributed by atoms with Crippen LogP contribution in [0.4, 0.5) is 0 Å². The third-order valence-electron chi connectivity index (χ3n) is 2.37. The van der Waals surface area contributed by atoms with Gasteiger partial charge >= 0.3 is 109 Å². The second kappa shape index (κ2) is 4.22. The molecule has 78 valence electrons. The van der Waals surface area contributed by atoms with Crippen LogP contribution in [0.15, 0.2) is 48.5 Å². The minimum absolute atomic E-state index is 0.364. The minimum atomic E-state index is -0.364. The fourth-order valence-electron chi connectivity index (χ4n) is 1.60. The van der Waals surface area contributed by atoms with Gasteiger partial charge in [0.05, 0.1) is 0 Å². The van der Waals surface area contributed by atoms with Gasteiger partial charge in [0, 0.05) is 0 Å². The molecule has 0 aliphatic heterocycles. The zero-order valence-corrected chi connectivity index (χ0v) is 11.4. The van der Waals surface area contributed by atoms with Gasteiger partial charge in [0.15, 0.2) is 0 Å². The Hall–Kier alpha value is -0.810. The maximum absolute atomic E-state index is 5.99. The SMILES string of the molecule is Clc1ccc2nc(-c3ccccc3)[te]c2c1. The fourth-order valence-corrected chi connectivity index (χ4v) is 4.86. The fraction of sp³-hybridized carbons (Fsp3) is 0. The summed E-state index contributed by atoms with van der Waals surface area (Å²) < 4.78 is 2.60. The van der Waals surface area contributed by atoms with E-state index in [2.05, 4.69) is 35.3 Å². The molecule has 0 fully saturated rings. The van der Waals surface area contributed by atoms with Gasteiger partial charge in [-0.2, -0.15) is 0 Å². The Morgan fingerprint density at radius 2 is 1.81 bits per heavy atom. The van der Waals surface area contributed by atoms with Crippen molar-refractivity contribution in [3.63, 3.8) is 0 Å². The quantitative estimate of drug-likeness (QED) is 0.616. The third-order valence-corrected chi connectivity index (χ3v) is 5.65. The molecule has 0 unspecified atom stereocenters. The molecule has 3 aromatic rings. The summed E-state index contributed by atoms with van der Waals surface area (Å²) in [6.45, 7) is 0. The van der Waals surface area contributed by atoms with Gasteiger partial charge in [0.1, 0.15) is 0 Å². The van der Waals surface area contributed by atoms with Crippen LogP contribution in [0, 0.1) is 0 Å². The van der Waals surface area contributed by atoms with Crippen LogP contribution in [0.5, 0.6) is 0 Å². The number of aromatic nitrogens is 1. The molecule has 16 heavy (non-hydrogen) atoms. The van der Waals surface area contributed by atoms with Crippen molar-refractivity contribution in [3.05, 3.63) is 53.6 Å². The number of benzene rings is 2. The molecule has 1 heterocycles. The second-order valence-electron chi connectivity index (χ2n) is 3.50. The molecule has 0 aliphatic carbocycles. The van der Waals surface area contributed by atoms with Gasteiger partial charge in [-0.05, 0) is 0 Å². The van der Waals surface area contributed by atoms with Crippen LogP contribution in [0.3, 0.4) is 0 Å². The molecular formula is C13H8ClNTe. The van der Waals surface area contributed by atoms with Gasteiger partial charge in [-0.1, -0.05) is 0 Å². The number of nitrogens with zero attached hydrogens (tertiary/aromatic N) is 1. The number of rotatable bonds is 1. The van der Waals surface area contributed by atoms with E-state index in [9.17, 15) is 0 Å². The van der Waals surface area contributed by atoms with Gasteiger partial charge in [0.25, 0.3) is 0 Å². The average Bonchev–Trinajstić information content (AvgIpc) is 2.73. The Balaban J connectivity index is 2.19. The number of halogens is 1. The molecule has 2 aromatic carbocycles. The van der Waals surface area contributed by atoms with Gasteiger partial charge in [-0.15, -0.1) is 0 Å².